The zero-order valence-corrected chi connectivity index (χ0v) is 13.2. The molecule has 108 valence electrons. The van der Waals surface area contributed by atoms with E-state index in [2.05, 4.69) is 55.5 Å². The molecule has 1 heterocycles. The quantitative estimate of drug-likeness (QED) is 0.905. The molecule has 0 amide bonds. The molecule has 1 unspecified atom stereocenters. The summed E-state index contributed by atoms with van der Waals surface area (Å²) in [6, 6.07) is 9.21. The second kappa shape index (κ2) is 6.23. The fourth-order valence-electron chi connectivity index (χ4n) is 2.65. The van der Waals surface area contributed by atoms with Crippen LogP contribution < -0.4 is 5.32 Å². The number of hydrogen-bond donors (Lipinski definition) is 1. The van der Waals surface area contributed by atoms with E-state index < -0.39 is 0 Å². The number of aryl methyl sites for hydroxylation is 4. The Bertz CT molecular complexity index is 584. The van der Waals surface area contributed by atoms with Gasteiger partial charge in [-0.3, -0.25) is 4.68 Å². The second-order valence-corrected chi connectivity index (χ2v) is 5.51. The Morgan fingerprint density at radius 1 is 1.25 bits per heavy atom. The molecule has 1 atom stereocenters. The van der Waals surface area contributed by atoms with Crippen molar-refractivity contribution in [1.82, 2.24) is 15.1 Å². The first-order chi connectivity index (χ1) is 9.55. The third kappa shape index (κ3) is 3.10. The number of nitrogens with zero attached hydrogens (tertiary/aromatic N) is 2. The molecule has 1 N–H and O–H groups in total. The van der Waals surface area contributed by atoms with E-state index in [4.69, 9.17) is 0 Å². The number of aromatic nitrogens is 2. The predicted molar refractivity (Wildman–Crippen MR) is 84.0 cm³/mol. The van der Waals surface area contributed by atoms with Crippen molar-refractivity contribution in [2.24, 2.45) is 7.05 Å². The molecule has 0 radical (unpaired) electrons. The molecule has 3 nitrogen and oxygen atoms in total. The monoisotopic (exact) mass is 271 g/mol. The fourth-order valence-corrected chi connectivity index (χ4v) is 2.65. The van der Waals surface area contributed by atoms with Gasteiger partial charge in [0.2, 0.25) is 0 Å². The van der Waals surface area contributed by atoms with Crippen LogP contribution in [0.2, 0.25) is 0 Å². The largest absolute Gasteiger partial charge is 0.313 e. The van der Waals surface area contributed by atoms with E-state index in [9.17, 15) is 0 Å². The number of nitrogens with one attached hydrogen (secondary N) is 1. The minimum atomic E-state index is 0.329. The van der Waals surface area contributed by atoms with E-state index in [1.54, 1.807) is 0 Å². The van der Waals surface area contributed by atoms with Gasteiger partial charge >= 0.3 is 0 Å². The summed E-state index contributed by atoms with van der Waals surface area (Å²) in [4.78, 5) is 0. The van der Waals surface area contributed by atoms with Crippen molar-refractivity contribution in [1.29, 1.82) is 0 Å². The molecule has 3 heteroatoms. The van der Waals surface area contributed by atoms with E-state index in [0.29, 0.717) is 6.04 Å². The smallest absolute Gasteiger partial charge is 0.0624 e. The van der Waals surface area contributed by atoms with Crippen LogP contribution >= 0.6 is 0 Å². The summed E-state index contributed by atoms with van der Waals surface area (Å²) in [7, 11) is 4.06. The van der Waals surface area contributed by atoms with Crippen molar-refractivity contribution in [3.8, 4) is 0 Å². The average Bonchev–Trinajstić information content (AvgIpc) is 2.79. The van der Waals surface area contributed by atoms with Crippen molar-refractivity contribution in [3.05, 3.63) is 52.3 Å². The van der Waals surface area contributed by atoms with Gasteiger partial charge in [0.15, 0.2) is 0 Å². The highest BCUT2D eigenvalue weighted by Crippen LogP contribution is 2.23. The number of likely N-dealkylation sites (N-methyl/N-ethyl adjacent to an activating group) is 1. The number of rotatable bonds is 5. The number of hydrogen-bond acceptors (Lipinski definition) is 2. The normalized spacial score (nSPS) is 12.7. The van der Waals surface area contributed by atoms with Crippen molar-refractivity contribution >= 4 is 0 Å². The molecule has 1 aromatic carbocycles. The minimum Gasteiger partial charge on any atom is -0.313 e. The van der Waals surface area contributed by atoms with E-state index in [1.165, 1.54) is 28.1 Å². The molecule has 0 saturated carbocycles. The third-order valence-corrected chi connectivity index (χ3v) is 3.96. The highest BCUT2D eigenvalue weighted by Gasteiger charge is 2.15. The Labute approximate surface area is 122 Å². The van der Waals surface area contributed by atoms with Crippen LogP contribution in [-0.4, -0.2) is 16.8 Å². The predicted octanol–water partition coefficient (Wildman–Crippen LogP) is 3.10. The van der Waals surface area contributed by atoms with Crippen LogP contribution in [0.5, 0.6) is 0 Å². The maximum Gasteiger partial charge on any atom is 0.0624 e. The van der Waals surface area contributed by atoms with Crippen LogP contribution in [0.4, 0.5) is 0 Å². The van der Waals surface area contributed by atoms with Gasteiger partial charge in [-0.2, -0.15) is 5.10 Å². The highest BCUT2D eigenvalue weighted by atomic mass is 15.3. The van der Waals surface area contributed by atoms with Gasteiger partial charge in [0.1, 0.15) is 0 Å². The van der Waals surface area contributed by atoms with Crippen molar-refractivity contribution < 1.29 is 0 Å². The topological polar surface area (TPSA) is 29.9 Å². The van der Waals surface area contributed by atoms with E-state index in [-0.39, 0.29) is 0 Å². The SMILES string of the molecule is CCc1cc(CC(NC)c2cc(C)ccc2C)n(C)n1. The van der Waals surface area contributed by atoms with E-state index >= 15 is 0 Å². The van der Waals surface area contributed by atoms with Gasteiger partial charge in [-0.25, -0.2) is 0 Å². The van der Waals surface area contributed by atoms with E-state index in [0.717, 1.165) is 12.8 Å². The zero-order valence-electron chi connectivity index (χ0n) is 13.2. The molecule has 0 saturated heterocycles. The molecule has 20 heavy (non-hydrogen) atoms. The minimum absolute atomic E-state index is 0.329. The molecule has 0 aliphatic heterocycles. The van der Waals surface area contributed by atoms with Crippen molar-refractivity contribution in [2.75, 3.05) is 7.05 Å². The van der Waals surface area contributed by atoms with E-state index in [1.807, 2.05) is 18.8 Å². The van der Waals surface area contributed by atoms with Crippen LogP contribution in [0.15, 0.2) is 24.3 Å². The third-order valence-electron chi connectivity index (χ3n) is 3.96. The van der Waals surface area contributed by atoms with Gasteiger partial charge in [0, 0.05) is 25.2 Å². The molecule has 0 spiro atoms. The summed E-state index contributed by atoms with van der Waals surface area (Å²) in [6.45, 7) is 6.47. The maximum absolute atomic E-state index is 4.54. The molecule has 0 bridgehead atoms. The maximum atomic E-state index is 4.54. The lowest BCUT2D eigenvalue weighted by molar-refractivity contribution is 0.558. The van der Waals surface area contributed by atoms with Crippen LogP contribution in [-0.2, 0) is 19.9 Å². The lowest BCUT2D eigenvalue weighted by Gasteiger charge is -2.19. The van der Waals surface area contributed by atoms with Crippen LogP contribution in [0.1, 0.15) is 41.0 Å². The summed E-state index contributed by atoms with van der Waals surface area (Å²) in [5.74, 6) is 0. The van der Waals surface area contributed by atoms with Gasteiger partial charge in [0.05, 0.1) is 5.69 Å². The lowest BCUT2D eigenvalue weighted by atomic mass is 9.95. The van der Waals surface area contributed by atoms with Crippen molar-refractivity contribution in [3.63, 3.8) is 0 Å². The molecule has 0 fully saturated rings. The summed E-state index contributed by atoms with van der Waals surface area (Å²) in [5.41, 5.74) is 6.48. The molecule has 2 aromatic rings. The Morgan fingerprint density at radius 3 is 2.60 bits per heavy atom. The molecular formula is C17H25N3. The summed E-state index contributed by atoms with van der Waals surface area (Å²) in [6.07, 6.45) is 1.95. The molecule has 1 aromatic heterocycles. The molecule has 2 rings (SSSR count). The van der Waals surface area contributed by atoms with Gasteiger partial charge in [-0.05, 0) is 44.5 Å². The van der Waals surface area contributed by atoms with Gasteiger partial charge in [-0.15, -0.1) is 0 Å². The Kier molecular flexibility index (Phi) is 4.61. The first-order valence-electron chi connectivity index (χ1n) is 7.31. The van der Waals surface area contributed by atoms with Gasteiger partial charge in [-0.1, -0.05) is 30.7 Å². The van der Waals surface area contributed by atoms with Gasteiger partial charge < -0.3 is 5.32 Å². The van der Waals surface area contributed by atoms with Crippen LogP contribution in [0, 0.1) is 13.8 Å². The summed E-state index contributed by atoms with van der Waals surface area (Å²) >= 11 is 0. The zero-order chi connectivity index (χ0) is 14.7. The Morgan fingerprint density at radius 2 is 2.00 bits per heavy atom. The van der Waals surface area contributed by atoms with Crippen LogP contribution in [0.3, 0.4) is 0 Å². The number of benzene rings is 1. The average molecular weight is 271 g/mol. The first-order valence-corrected chi connectivity index (χ1v) is 7.31. The molecule has 0 aliphatic rings. The highest BCUT2D eigenvalue weighted by molar-refractivity contribution is 5.34. The molecular weight excluding hydrogens is 246 g/mol. The Hall–Kier alpha value is -1.61. The molecule has 0 aliphatic carbocycles. The summed E-state index contributed by atoms with van der Waals surface area (Å²) in [5, 5.41) is 7.99. The van der Waals surface area contributed by atoms with Gasteiger partial charge in [0.25, 0.3) is 0 Å². The first kappa shape index (κ1) is 14.8. The standard InChI is InChI=1S/C17H25N3/c1-6-14-10-15(20(5)19-14)11-17(18-4)16-9-12(2)7-8-13(16)3/h7-10,17-18H,6,11H2,1-5H3. The lowest BCUT2D eigenvalue weighted by Crippen LogP contribution is -2.21. The summed E-state index contributed by atoms with van der Waals surface area (Å²) < 4.78 is 2.01. The van der Waals surface area contributed by atoms with Crippen molar-refractivity contribution in [2.45, 2.75) is 39.7 Å². The fraction of sp³-hybridized carbons (Fsp3) is 0.471. The Balaban J connectivity index is 2.28. The second-order valence-electron chi connectivity index (χ2n) is 5.51. The van der Waals surface area contributed by atoms with Crippen LogP contribution in [0.25, 0.3) is 0 Å².